The standard InChI is InChI=1S/C37H32N2O7/c1-23(40)39-30-19-10-8-17-28(30)37(34(39)43)31(32(41)46-3)35(22-36(37,44)25-14-11-15-26(20-25)45-2)27-16-7-9-18-29(27)38(33(35)42)21-24-12-5-4-6-13-24/h4-20,31,44H,21-22H2,1-3H3/t31-,35-,36+,37+/m1/s1. The molecule has 0 aromatic heterocycles. The van der Waals surface area contributed by atoms with Gasteiger partial charge in [0.05, 0.1) is 37.8 Å². The Morgan fingerprint density at radius 1 is 0.826 bits per heavy atom. The lowest BCUT2D eigenvalue weighted by Crippen LogP contribution is -2.59. The van der Waals surface area contributed by atoms with Crippen molar-refractivity contribution >= 4 is 35.1 Å². The number of ether oxygens (including phenoxy) is 2. The predicted octanol–water partition coefficient (Wildman–Crippen LogP) is 4.39. The maximum absolute atomic E-state index is 15.2. The van der Waals surface area contributed by atoms with Crippen molar-refractivity contribution in [2.45, 2.75) is 36.3 Å². The minimum atomic E-state index is -2.19. The first-order valence-electron chi connectivity index (χ1n) is 15.0. The summed E-state index contributed by atoms with van der Waals surface area (Å²) in [5.74, 6) is -3.84. The summed E-state index contributed by atoms with van der Waals surface area (Å²) in [5.41, 5.74) is -3.40. The molecule has 1 saturated carbocycles. The van der Waals surface area contributed by atoms with Crippen LogP contribution in [0.5, 0.6) is 5.75 Å². The molecular formula is C37H32N2O7. The van der Waals surface area contributed by atoms with Gasteiger partial charge in [-0.1, -0.05) is 78.9 Å². The summed E-state index contributed by atoms with van der Waals surface area (Å²) in [5, 5.41) is 13.4. The second-order valence-electron chi connectivity index (χ2n) is 12.1. The highest BCUT2D eigenvalue weighted by Crippen LogP contribution is 2.71. The van der Waals surface area contributed by atoms with Crippen LogP contribution in [0, 0.1) is 5.92 Å². The van der Waals surface area contributed by atoms with E-state index in [1.54, 1.807) is 71.6 Å². The molecule has 2 aliphatic heterocycles. The van der Waals surface area contributed by atoms with Crippen LogP contribution in [0.4, 0.5) is 11.4 Å². The molecule has 3 aliphatic rings. The average Bonchev–Trinajstić information content (AvgIpc) is 3.59. The maximum atomic E-state index is 15.2. The Kier molecular flexibility index (Phi) is 6.65. The van der Waals surface area contributed by atoms with E-state index in [9.17, 15) is 14.7 Å². The first-order valence-corrected chi connectivity index (χ1v) is 15.0. The molecule has 0 radical (unpaired) electrons. The van der Waals surface area contributed by atoms with E-state index in [-0.39, 0.29) is 29.8 Å². The van der Waals surface area contributed by atoms with E-state index < -0.39 is 46.0 Å². The van der Waals surface area contributed by atoms with Gasteiger partial charge in [-0.3, -0.25) is 19.2 Å². The molecule has 2 spiro atoms. The van der Waals surface area contributed by atoms with E-state index in [0.717, 1.165) is 10.5 Å². The van der Waals surface area contributed by atoms with Gasteiger partial charge in [0.1, 0.15) is 16.8 Å². The van der Waals surface area contributed by atoms with Gasteiger partial charge in [0, 0.05) is 19.0 Å². The number of nitrogens with zero attached hydrogens (tertiary/aromatic N) is 2. The third-order valence-corrected chi connectivity index (χ3v) is 10.0. The first kappa shape index (κ1) is 29.4. The van der Waals surface area contributed by atoms with Gasteiger partial charge in [-0.25, -0.2) is 4.90 Å². The number of carbonyl (C=O) groups excluding carboxylic acids is 4. The van der Waals surface area contributed by atoms with Gasteiger partial charge >= 0.3 is 5.97 Å². The minimum absolute atomic E-state index is 0.195. The number of para-hydroxylation sites is 2. The Bertz CT molecular complexity index is 1930. The molecule has 7 rings (SSSR count). The van der Waals surface area contributed by atoms with E-state index in [1.807, 2.05) is 36.4 Å². The minimum Gasteiger partial charge on any atom is -0.497 e. The lowest BCUT2D eigenvalue weighted by Gasteiger charge is -2.41. The highest BCUT2D eigenvalue weighted by Gasteiger charge is 2.83. The molecule has 9 nitrogen and oxygen atoms in total. The van der Waals surface area contributed by atoms with E-state index in [2.05, 4.69) is 0 Å². The highest BCUT2D eigenvalue weighted by atomic mass is 16.5. The van der Waals surface area contributed by atoms with Gasteiger partial charge < -0.3 is 19.5 Å². The fraction of sp³-hybridized carbons (Fsp3) is 0.243. The Morgan fingerprint density at radius 2 is 1.48 bits per heavy atom. The summed E-state index contributed by atoms with van der Waals surface area (Å²) in [6.07, 6.45) is -0.347. The number of imide groups is 1. The second-order valence-corrected chi connectivity index (χ2v) is 12.1. The van der Waals surface area contributed by atoms with E-state index >= 15 is 9.59 Å². The number of hydrogen-bond acceptors (Lipinski definition) is 7. The topological polar surface area (TPSA) is 113 Å². The van der Waals surface area contributed by atoms with Crippen molar-refractivity contribution in [2.75, 3.05) is 24.0 Å². The number of methoxy groups -OCH3 is 2. The second kappa shape index (κ2) is 10.4. The SMILES string of the molecule is COC(=O)[C@H]1[C@@]2(C(=O)N(C(C)=O)c3ccccc32)[C@@](O)(c2cccc(OC)c2)C[C@]12C(=O)N(Cc1ccccc1)c1ccccc12. The lowest BCUT2D eigenvalue weighted by atomic mass is 9.60. The zero-order valence-corrected chi connectivity index (χ0v) is 25.6. The van der Waals surface area contributed by atoms with Gasteiger partial charge in [-0.2, -0.15) is 0 Å². The molecule has 1 N–H and O–H groups in total. The fourth-order valence-corrected chi connectivity index (χ4v) is 8.28. The van der Waals surface area contributed by atoms with Crippen LogP contribution >= 0.6 is 0 Å². The summed E-state index contributed by atoms with van der Waals surface area (Å²) < 4.78 is 11.0. The van der Waals surface area contributed by atoms with Crippen LogP contribution in [0.3, 0.4) is 0 Å². The molecule has 9 heteroatoms. The summed E-state index contributed by atoms with van der Waals surface area (Å²) in [7, 11) is 2.69. The molecule has 1 aliphatic carbocycles. The number of esters is 1. The summed E-state index contributed by atoms with van der Waals surface area (Å²) in [6, 6.07) is 29.9. The zero-order valence-electron chi connectivity index (χ0n) is 25.6. The molecule has 232 valence electrons. The largest absolute Gasteiger partial charge is 0.497 e. The molecule has 4 atom stereocenters. The quantitative estimate of drug-likeness (QED) is 0.331. The monoisotopic (exact) mass is 616 g/mol. The zero-order chi connectivity index (χ0) is 32.4. The third-order valence-electron chi connectivity index (χ3n) is 10.0. The third kappa shape index (κ3) is 3.60. The van der Waals surface area contributed by atoms with Gasteiger partial charge in [0.25, 0.3) is 0 Å². The van der Waals surface area contributed by atoms with Gasteiger partial charge in [0.15, 0.2) is 0 Å². The fourth-order valence-electron chi connectivity index (χ4n) is 8.28. The van der Waals surface area contributed by atoms with Crippen molar-refractivity contribution in [2.24, 2.45) is 5.92 Å². The van der Waals surface area contributed by atoms with Gasteiger partial charge in [-0.05, 0) is 46.5 Å². The van der Waals surface area contributed by atoms with Crippen molar-refractivity contribution in [3.05, 3.63) is 125 Å². The van der Waals surface area contributed by atoms with Crippen molar-refractivity contribution in [1.29, 1.82) is 0 Å². The summed E-state index contributed by atoms with van der Waals surface area (Å²) >= 11 is 0. The lowest BCUT2D eigenvalue weighted by molar-refractivity contribution is -0.158. The molecule has 1 fully saturated rings. The van der Waals surface area contributed by atoms with Crippen LogP contribution in [0.15, 0.2) is 103 Å². The predicted molar refractivity (Wildman–Crippen MR) is 169 cm³/mol. The molecule has 4 aromatic rings. The van der Waals surface area contributed by atoms with Crippen molar-refractivity contribution in [3.63, 3.8) is 0 Å². The number of hydrogen-bond donors (Lipinski definition) is 1. The molecule has 0 bridgehead atoms. The van der Waals surface area contributed by atoms with E-state index in [1.165, 1.54) is 21.1 Å². The Hall–Kier alpha value is -5.28. The normalized spacial score (nSPS) is 26.0. The highest BCUT2D eigenvalue weighted by molar-refractivity contribution is 6.25. The summed E-state index contributed by atoms with van der Waals surface area (Å²) in [6.45, 7) is 1.45. The number of benzene rings is 4. The van der Waals surface area contributed by atoms with Crippen molar-refractivity contribution < 1.29 is 33.8 Å². The van der Waals surface area contributed by atoms with Crippen LogP contribution in [0.2, 0.25) is 0 Å². The number of fused-ring (bicyclic) bond motifs is 4. The number of anilines is 2. The molecule has 0 unspecified atom stereocenters. The van der Waals surface area contributed by atoms with E-state index in [0.29, 0.717) is 17.0 Å². The first-order chi connectivity index (χ1) is 22.2. The molecule has 46 heavy (non-hydrogen) atoms. The van der Waals surface area contributed by atoms with Gasteiger partial charge in [0.2, 0.25) is 17.7 Å². The van der Waals surface area contributed by atoms with Crippen LogP contribution < -0.4 is 14.5 Å². The number of amides is 3. The Morgan fingerprint density at radius 3 is 2.15 bits per heavy atom. The summed E-state index contributed by atoms with van der Waals surface area (Å²) in [4.78, 5) is 60.6. The molecule has 3 amide bonds. The van der Waals surface area contributed by atoms with Crippen LogP contribution in [0.25, 0.3) is 0 Å². The van der Waals surface area contributed by atoms with Crippen LogP contribution in [-0.2, 0) is 46.9 Å². The molecule has 2 heterocycles. The number of carbonyl (C=O) groups is 4. The van der Waals surface area contributed by atoms with Gasteiger partial charge in [-0.15, -0.1) is 0 Å². The Labute approximate surface area is 266 Å². The number of aliphatic hydroxyl groups is 1. The van der Waals surface area contributed by atoms with Crippen LogP contribution in [0.1, 0.15) is 35.6 Å². The number of rotatable bonds is 5. The van der Waals surface area contributed by atoms with Crippen molar-refractivity contribution in [1.82, 2.24) is 0 Å². The Balaban J connectivity index is 1.59. The molecule has 0 saturated heterocycles. The molecule has 4 aromatic carbocycles. The van der Waals surface area contributed by atoms with Crippen molar-refractivity contribution in [3.8, 4) is 5.75 Å². The average molecular weight is 617 g/mol. The smallest absolute Gasteiger partial charge is 0.311 e. The van der Waals surface area contributed by atoms with E-state index in [4.69, 9.17) is 9.47 Å². The molecular weight excluding hydrogens is 584 g/mol. The van der Waals surface area contributed by atoms with Crippen LogP contribution in [-0.4, -0.2) is 43.0 Å². The maximum Gasteiger partial charge on any atom is 0.311 e.